The van der Waals surface area contributed by atoms with Gasteiger partial charge in [0.15, 0.2) is 0 Å². The number of nitrogens with zero attached hydrogens (tertiary/aromatic N) is 1. The molecule has 1 N–H and O–H groups in total. The van der Waals surface area contributed by atoms with E-state index in [1.807, 2.05) is 0 Å². The van der Waals surface area contributed by atoms with E-state index in [0.717, 1.165) is 6.42 Å². The minimum absolute atomic E-state index is 0.361. The lowest BCUT2D eigenvalue weighted by molar-refractivity contribution is -0.929. The summed E-state index contributed by atoms with van der Waals surface area (Å²) in [6.07, 6.45) is 15.9. The standard InChI is InChI=1S/C20H44NO/c1-4-7-10-13-18-21(16-11-8-5-2,17-12-9-6-3)19-14-15-20-22/h22H,4-20H2,1-3H3/q+1. The summed E-state index contributed by atoms with van der Waals surface area (Å²) in [6, 6.07) is 0. The van der Waals surface area contributed by atoms with Crippen LogP contribution in [-0.4, -0.2) is 42.4 Å². The average molecular weight is 315 g/mol. The molecule has 0 bridgehead atoms. The zero-order valence-electron chi connectivity index (χ0n) is 15.9. The first-order valence-electron chi connectivity index (χ1n) is 10.2. The van der Waals surface area contributed by atoms with E-state index in [4.69, 9.17) is 5.11 Å². The molecule has 0 fully saturated rings. The summed E-state index contributed by atoms with van der Waals surface area (Å²) in [5.74, 6) is 0. The van der Waals surface area contributed by atoms with E-state index in [1.165, 1.54) is 101 Å². The van der Waals surface area contributed by atoms with Crippen molar-refractivity contribution in [2.45, 2.75) is 97.8 Å². The van der Waals surface area contributed by atoms with Crippen molar-refractivity contribution < 1.29 is 9.59 Å². The van der Waals surface area contributed by atoms with Gasteiger partial charge in [-0.05, 0) is 51.4 Å². The highest BCUT2D eigenvalue weighted by molar-refractivity contribution is 4.52. The summed E-state index contributed by atoms with van der Waals surface area (Å²) >= 11 is 0. The van der Waals surface area contributed by atoms with Gasteiger partial charge in [0.05, 0.1) is 26.2 Å². The van der Waals surface area contributed by atoms with Gasteiger partial charge in [-0.2, -0.15) is 0 Å². The van der Waals surface area contributed by atoms with Gasteiger partial charge in [0, 0.05) is 6.61 Å². The Kier molecular flexibility index (Phi) is 15.7. The van der Waals surface area contributed by atoms with E-state index < -0.39 is 0 Å². The third-order valence-electron chi connectivity index (χ3n) is 5.00. The lowest BCUT2D eigenvalue weighted by Gasteiger charge is -2.39. The van der Waals surface area contributed by atoms with Crippen molar-refractivity contribution in [2.24, 2.45) is 0 Å². The molecule has 0 aliphatic carbocycles. The molecule has 0 heterocycles. The van der Waals surface area contributed by atoms with Gasteiger partial charge in [-0.25, -0.2) is 0 Å². The predicted octanol–water partition coefficient (Wildman–Crippen LogP) is 5.54. The number of aliphatic hydroxyl groups excluding tert-OH is 1. The maximum atomic E-state index is 9.13. The molecule has 0 spiro atoms. The fourth-order valence-electron chi connectivity index (χ4n) is 3.50. The van der Waals surface area contributed by atoms with Crippen LogP contribution in [0.2, 0.25) is 0 Å². The molecule has 0 amide bonds. The van der Waals surface area contributed by atoms with Gasteiger partial charge in [-0.15, -0.1) is 0 Å². The number of quaternary nitrogens is 1. The van der Waals surface area contributed by atoms with Crippen molar-refractivity contribution in [3.05, 3.63) is 0 Å². The van der Waals surface area contributed by atoms with Crippen LogP contribution in [0.3, 0.4) is 0 Å². The Labute approximate surface area is 140 Å². The van der Waals surface area contributed by atoms with Crippen LogP contribution >= 0.6 is 0 Å². The fourth-order valence-corrected chi connectivity index (χ4v) is 3.50. The van der Waals surface area contributed by atoms with Crippen LogP contribution in [0.1, 0.15) is 97.8 Å². The van der Waals surface area contributed by atoms with Gasteiger partial charge in [-0.3, -0.25) is 0 Å². The Morgan fingerprint density at radius 1 is 0.500 bits per heavy atom. The highest BCUT2D eigenvalue weighted by Gasteiger charge is 2.25. The van der Waals surface area contributed by atoms with Crippen LogP contribution in [0.5, 0.6) is 0 Å². The molecule has 22 heavy (non-hydrogen) atoms. The van der Waals surface area contributed by atoms with Crippen LogP contribution in [0.25, 0.3) is 0 Å². The smallest absolute Gasteiger partial charge is 0.0787 e. The average Bonchev–Trinajstić information content (AvgIpc) is 2.52. The zero-order valence-corrected chi connectivity index (χ0v) is 15.9. The third-order valence-corrected chi connectivity index (χ3v) is 5.00. The van der Waals surface area contributed by atoms with Crippen molar-refractivity contribution in [1.29, 1.82) is 0 Å². The normalized spacial score (nSPS) is 12.0. The topological polar surface area (TPSA) is 20.2 Å². The molecule has 134 valence electrons. The predicted molar refractivity (Wildman–Crippen MR) is 99.2 cm³/mol. The molecule has 0 aromatic rings. The van der Waals surface area contributed by atoms with E-state index >= 15 is 0 Å². The summed E-state index contributed by atoms with van der Waals surface area (Å²) < 4.78 is 1.34. The lowest BCUT2D eigenvalue weighted by atomic mass is 10.1. The summed E-state index contributed by atoms with van der Waals surface area (Å²) in [5, 5.41) is 9.13. The van der Waals surface area contributed by atoms with E-state index in [9.17, 15) is 0 Å². The van der Waals surface area contributed by atoms with Crippen molar-refractivity contribution in [1.82, 2.24) is 0 Å². The van der Waals surface area contributed by atoms with Gasteiger partial charge in [0.25, 0.3) is 0 Å². The molecular weight excluding hydrogens is 270 g/mol. The second-order valence-electron chi connectivity index (χ2n) is 7.14. The van der Waals surface area contributed by atoms with E-state index in [-0.39, 0.29) is 0 Å². The Morgan fingerprint density at radius 3 is 1.27 bits per heavy atom. The first kappa shape index (κ1) is 21.9. The second-order valence-corrected chi connectivity index (χ2v) is 7.14. The minimum atomic E-state index is 0.361. The van der Waals surface area contributed by atoms with E-state index in [1.54, 1.807) is 0 Å². The molecule has 0 rings (SSSR count). The summed E-state index contributed by atoms with van der Waals surface area (Å²) in [5.41, 5.74) is 0. The minimum Gasteiger partial charge on any atom is -0.396 e. The van der Waals surface area contributed by atoms with Crippen LogP contribution in [0.4, 0.5) is 0 Å². The molecular formula is C20H44NO+. The SMILES string of the molecule is CCCCCC[N+](CCCCC)(CCCCC)CCCCO. The molecule has 0 saturated heterocycles. The molecule has 0 aromatic heterocycles. The molecule has 2 nitrogen and oxygen atoms in total. The van der Waals surface area contributed by atoms with Crippen molar-refractivity contribution in [3.63, 3.8) is 0 Å². The molecule has 0 unspecified atom stereocenters. The van der Waals surface area contributed by atoms with Gasteiger partial charge in [0.1, 0.15) is 0 Å². The molecule has 0 aliphatic heterocycles. The first-order chi connectivity index (χ1) is 10.7. The number of aliphatic hydroxyl groups is 1. The molecule has 0 aliphatic rings. The maximum Gasteiger partial charge on any atom is 0.0787 e. The number of rotatable bonds is 17. The number of hydrogen-bond acceptors (Lipinski definition) is 1. The molecule has 0 saturated carbocycles. The number of hydrogen-bond donors (Lipinski definition) is 1. The molecule has 0 radical (unpaired) electrons. The van der Waals surface area contributed by atoms with E-state index in [0.29, 0.717) is 6.61 Å². The molecule has 2 heteroatoms. The Morgan fingerprint density at radius 2 is 0.864 bits per heavy atom. The highest BCUT2D eigenvalue weighted by Crippen LogP contribution is 2.18. The second kappa shape index (κ2) is 15.8. The third kappa shape index (κ3) is 11.5. The fraction of sp³-hybridized carbons (Fsp3) is 1.00. The molecule has 0 atom stereocenters. The summed E-state index contributed by atoms with van der Waals surface area (Å²) in [7, 11) is 0. The summed E-state index contributed by atoms with van der Waals surface area (Å²) in [4.78, 5) is 0. The lowest BCUT2D eigenvalue weighted by Crippen LogP contribution is -2.50. The Balaban J connectivity index is 4.53. The monoisotopic (exact) mass is 314 g/mol. The van der Waals surface area contributed by atoms with Gasteiger partial charge in [-0.1, -0.05) is 46.5 Å². The largest absolute Gasteiger partial charge is 0.396 e. The quantitative estimate of drug-likeness (QED) is 0.276. The highest BCUT2D eigenvalue weighted by atomic mass is 16.2. The van der Waals surface area contributed by atoms with Gasteiger partial charge in [0.2, 0.25) is 0 Å². The first-order valence-corrected chi connectivity index (χ1v) is 10.2. The van der Waals surface area contributed by atoms with Crippen molar-refractivity contribution >= 4 is 0 Å². The zero-order chi connectivity index (χ0) is 16.5. The van der Waals surface area contributed by atoms with Crippen LogP contribution < -0.4 is 0 Å². The maximum absolute atomic E-state index is 9.13. The van der Waals surface area contributed by atoms with Crippen LogP contribution in [0, 0.1) is 0 Å². The van der Waals surface area contributed by atoms with Crippen molar-refractivity contribution in [3.8, 4) is 0 Å². The van der Waals surface area contributed by atoms with Crippen LogP contribution in [0.15, 0.2) is 0 Å². The van der Waals surface area contributed by atoms with Gasteiger partial charge < -0.3 is 9.59 Å². The Bertz CT molecular complexity index is 191. The molecule has 0 aromatic carbocycles. The number of unbranched alkanes of at least 4 members (excludes halogenated alkanes) is 8. The van der Waals surface area contributed by atoms with Gasteiger partial charge >= 0.3 is 0 Å². The van der Waals surface area contributed by atoms with Crippen molar-refractivity contribution in [2.75, 3.05) is 32.8 Å². The van der Waals surface area contributed by atoms with Crippen LogP contribution in [-0.2, 0) is 0 Å². The van der Waals surface area contributed by atoms with E-state index in [2.05, 4.69) is 20.8 Å². The summed E-state index contributed by atoms with van der Waals surface area (Å²) in [6.45, 7) is 12.7. The Hall–Kier alpha value is -0.0800.